The molecule has 0 saturated carbocycles. The van der Waals surface area contributed by atoms with E-state index < -0.39 is 12.1 Å². The molecule has 2 heterocycles. The fourth-order valence-corrected chi connectivity index (χ4v) is 3.78. The van der Waals surface area contributed by atoms with Crippen LogP contribution in [0, 0.1) is 0 Å². The Balaban J connectivity index is 1.33. The first-order chi connectivity index (χ1) is 17.2. The van der Waals surface area contributed by atoms with Gasteiger partial charge in [-0.1, -0.05) is 66.7 Å². The fraction of sp³-hybridized carbons (Fsp3) is 0.296. The molecule has 0 unspecified atom stereocenters. The van der Waals surface area contributed by atoms with Crippen molar-refractivity contribution in [2.24, 2.45) is 0 Å². The van der Waals surface area contributed by atoms with Gasteiger partial charge in [0.1, 0.15) is 18.5 Å². The molecule has 0 bridgehead atoms. The largest absolute Gasteiger partial charge is 0.445 e. The SMILES string of the molecule is O=C(N[C@H](Cc1ccccc1)C(=O)NCc1ccc(N2CCOCC2)nc1)OCc1ccccc1. The molecule has 4 rings (SSSR count). The van der Waals surface area contributed by atoms with Gasteiger partial charge in [-0.05, 0) is 22.8 Å². The second kappa shape index (κ2) is 12.5. The average molecular weight is 475 g/mol. The summed E-state index contributed by atoms with van der Waals surface area (Å²) in [6.45, 7) is 3.47. The predicted molar refractivity (Wildman–Crippen MR) is 133 cm³/mol. The number of hydrogen-bond acceptors (Lipinski definition) is 6. The van der Waals surface area contributed by atoms with Gasteiger partial charge in [0.05, 0.1) is 13.2 Å². The number of rotatable bonds is 9. The normalized spacial score (nSPS) is 14.1. The molecule has 0 radical (unpaired) electrons. The molecule has 1 fully saturated rings. The van der Waals surface area contributed by atoms with Gasteiger partial charge in [0.2, 0.25) is 5.91 Å². The van der Waals surface area contributed by atoms with Crippen molar-refractivity contribution >= 4 is 17.8 Å². The number of pyridine rings is 1. The standard InChI is InChI=1S/C27H30N4O4/c32-26(29-19-23-11-12-25(28-18-23)31-13-15-34-16-14-31)24(17-21-7-3-1-4-8-21)30-27(33)35-20-22-9-5-2-6-10-22/h1-12,18,24H,13-17,19-20H2,(H,29,32)(H,30,33)/t24-/m1/s1. The Morgan fingerprint density at radius 3 is 2.26 bits per heavy atom. The molecule has 1 saturated heterocycles. The zero-order valence-corrected chi connectivity index (χ0v) is 19.6. The van der Waals surface area contributed by atoms with Gasteiger partial charge in [0.25, 0.3) is 0 Å². The second-order valence-corrected chi connectivity index (χ2v) is 8.29. The van der Waals surface area contributed by atoms with E-state index in [2.05, 4.69) is 20.5 Å². The number of nitrogens with zero attached hydrogens (tertiary/aromatic N) is 2. The average Bonchev–Trinajstić information content (AvgIpc) is 2.92. The van der Waals surface area contributed by atoms with Crippen LogP contribution in [-0.2, 0) is 33.8 Å². The van der Waals surface area contributed by atoms with Crippen molar-refractivity contribution in [1.82, 2.24) is 15.6 Å². The quantitative estimate of drug-likeness (QED) is 0.495. The number of anilines is 1. The molecule has 1 aliphatic rings. The molecule has 0 spiro atoms. The third kappa shape index (κ3) is 7.55. The van der Waals surface area contributed by atoms with Crippen LogP contribution < -0.4 is 15.5 Å². The maximum Gasteiger partial charge on any atom is 0.408 e. The molecule has 3 aromatic rings. The number of morpholine rings is 1. The first-order valence-corrected chi connectivity index (χ1v) is 11.7. The van der Waals surface area contributed by atoms with Gasteiger partial charge in [-0.15, -0.1) is 0 Å². The zero-order chi connectivity index (χ0) is 24.3. The van der Waals surface area contributed by atoms with Crippen molar-refractivity contribution in [2.45, 2.75) is 25.6 Å². The maximum absolute atomic E-state index is 13.0. The van der Waals surface area contributed by atoms with E-state index in [4.69, 9.17) is 9.47 Å². The highest BCUT2D eigenvalue weighted by Gasteiger charge is 2.22. The fourth-order valence-electron chi connectivity index (χ4n) is 3.78. The van der Waals surface area contributed by atoms with Crippen molar-refractivity contribution < 1.29 is 19.1 Å². The Morgan fingerprint density at radius 1 is 0.914 bits per heavy atom. The number of ether oxygens (including phenoxy) is 2. The van der Waals surface area contributed by atoms with Crippen LogP contribution in [0.4, 0.5) is 10.6 Å². The Hall–Kier alpha value is -3.91. The summed E-state index contributed by atoms with van der Waals surface area (Å²) >= 11 is 0. The number of alkyl carbamates (subject to hydrolysis) is 1. The molecule has 2 N–H and O–H groups in total. The molecule has 2 aromatic carbocycles. The summed E-state index contributed by atoms with van der Waals surface area (Å²) in [4.78, 5) is 32.2. The monoisotopic (exact) mass is 474 g/mol. The number of amides is 2. The van der Waals surface area contributed by atoms with Crippen LogP contribution in [0.1, 0.15) is 16.7 Å². The molecule has 2 amide bonds. The molecule has 0 aliphatic carbocycles. The van der Waals surface area contributed by atoms with Crippen molar-refractivity contribution in [3.05, 3.63) is 95.7 Å². The minimum atomic E-state index is -0.777. The molecular weight excluding hydrogens is 444 g/mol. The van der Waals surface area contributed by atoms with Gasteiger partial charge < -0.3 is 25.0 Å². The lowest BCUT2D eigenvalue weighted by atomic mass is 10.1. The lowest BCUT2D eigenvalue weighted by Gasteiger charge is -2.27. The Labute approximate surface area is 205 Å². The summed E-state index contributed by atoms with van der Waals surface area (Å²) < 4.78 is 10.7. The number of aromatic nitrogens is 1. The summed E-state index contributed by atoms with van der Waals surface area (Å²) in [6.07, 6.45) is 1.47. The van der Waals surface area contributed by atoms with E-state index >= 15 is 0 Å². The second-order valence-electron chi connectivity index (χ2n) is 8.29. The Kier molecular flexibility index (Phi) is 8.67. The van der Waals surface area contributed by atoms with E-state index in [0.29, 0.717) is 26.2 Å². The lowest BCUT2D eigenvalue weighted by Crippen LogP contribution is -2.48. The van der Waals surface area contributed by atoms with Gasteiger partial charge in [0.15, 0.2) is 0 Å². The highest BCUT2D eigenvalue weighted by Crippen LogP contribution is 2.13. The highest BCUT2D eigenvalue weighted by molar-refractivity contribution is 5.85. The van der Waals surface area contributed by atoms with Crippen molar-refractivity contribution in [1.29, 1.82) is 0 Å². The van der Waals surface area contributed by atoms with Gasteiger partial charge in [-0.2, -0.15) is 0 Å². The van der Waals surface area contributed by atoms with E-state index in [1.165, 1.54) is 0 Å². The number of nitrogens with one attached hydrogen (secondary N) is 2. The molecule has 182 valence electrons. The molecule has 1 aliphatic heterocycles. The van der Waals surface area contributed by atoms with Gasteiger partial charge in [0, 0.05) is 32.3 Å². The van der Waals surface area contributed by atoms with Crippen LogP contribution in [0.5, 0.6) is 0 Å². The van der Waals surface area contributed by atoms with Gasteiger partial charge in [-0.25, -0.2) is 9.78 Å². The number of benzene rings is 2. The molecular formula is C27H30N4O4. The molecule has 1 aromatic heterocycles. The van der Waals surface area contributed by atoms with E-state index in [1.54, 1.807) is 6.20 Å². The lowest BCUT2D eigenvalue weighted by molar-refractivity contribution is -0.123. The van der Waals surface area contributed by atoms with Gasteiger partial charge in [-0.3, -0.25) is 4.79 Å². The number of hydrogen-bond donors (Lipinski definition) is 2. The summed E-state index contributed by atoms with van der Waals surface area (Å²) in [6, 6.07) is 22.1. The van der Waals surface area contributed by atoms with Crippen LogP contribution in [0.3, 0.4) is 0 Å². The van der Waals surface area contributed by atoms with Crippen molar-refractivity contribution in [2.75, 3.05) is 31.2 Å². The summed E-state index contributed by atoms with van der Waals surface area (Å²) in [5, 5.41) is 5.63. The van der Waals surface area contributed by atoms with E-state index in [-0.39, 0.29) is 12.5 Å². The summed E-state index contributed by atoms with van der Waals surface area (Å²) in [5.41, 5.74) is 2.69. The number of carbonyl (C=O) groups is 2. The van der Waals surface area contributed by atoms with Crippen LogP contribution in [0.25, 0.3) is 0 Å². The Morgan fingerprint density at radius 2 is 1.60 bits per heavy atom. The molecule has 1 atom stereocenters. The summed E-state index contributed by atoms with van der Waals surface area (Å²) in [7, 11) is 0. The van der Waals surface area contributed by atoms with Crippen LogP contribution in [-0.4, -0.2) is 49.3 Å². The predicted octanol–water partition coefficient (Wildman–Crippen LogP) is 3.07. The van der Waals surface area contributed by atoms with E-state index in [0.717, 1.165) is 35.6 Å². The third-order valence-corrected chi connectivity index (χ3v) is 5.71. The van der Waals surface area contributed by atoms with Crippen LogP contribution in [0.15, 0.2) is 79.0 Å². The molecule has 8 nitrogen and oxygen atoms in total. The highest BCUT2D eigenvalue weighted by atomic mass is 16.5. The summed E-state index contributed by atoms with van der Waals surface area (Å²) in [5.74, 6) is 0.607. The topological polar surface area (TPSA) is 92.8 Å². The van der Waals surface area contributed by atoms with Gasteiger partial charge >= 0.3 is 6.09 Å². The first-order valence-electron chi connectivity index (χ1n) is 11.7. The smallest absolute Gasteiger partial charge is 0.408 e. The van der Waals surface area contributed by atoms with E-state index in [9.17, 15) is 9.59 Å². The Bertz CT molecular complexity index is 1070. The molecule has 35 heavy (non-hydrogen) atoms. The van der Waals surface area contributed by atoms with Crippen molar-refractivity contribution in [3.63, 3.8) is 0 Å². The maximum atomic E-state index is 13.0. The minimum Gasteiger partial charge on any atom is -0.445 e. The third-order valence-electron chi connectivity index (χ3n) is 5.71. The van der Waals surface area contributed by atoms with E-state index in [1.807, 2.05) is 72.8 Å². The minimum absolute atomic E-state index is 0.132. The van der Waals surface area contributed by atoms with Crippen LogP contribution >= 0.6 is 0 Å². The zero-order valence-electron chi connectivity index (χ0n) is 19.6. The first kappa shape index (κ1) is 24.2. The number of carbonyl (C=O) groups excluding carboxylic acids is 2. The molecule has 8 heteroatoms. The van der Waals surface area contributed by atoms with Crippen molar-refractivity contribution in [3.8, 4) is 0 Å². The van der Waals surface area contributed by atoms with Crippen LogP contribution in [0.2, 0.25) is 0 Å².